The molecule has 0 aliphatic heterocycles. The van der Waals surface area contributed by atoms with Crippen LogP contribution in [0.3, 0.4) is 0 Å². The Bertz CT molecular complexity index is 787. The van der Waals surface area contributed by atoms with E-state index in [2.05, 4.69) is 10.2 Å². The summed E-state index contributed by atoms with van der Waals surface area (Å²) >= 11 is 6.45. The van der Waals surface area contributed by atoms with Gasteiger partial charge in [-0.2, -0.15) is 5.11 Å². The number of benzene rings is 2. The van der Waals surface area contributed by atoms with E-state index in [1.54, 1.807) is 36.4 Å². The number of alkyl halides is 1. The molecule has 0 heterocycles. The lowest BCUT2D eigenvalue weighted by molar-refractivity contribution is 0.189. The summed E-state index contributed by atoms with van der Waals surface area (Å²) in [4.78, 5) is -1.41. The van der Waals surface area contributed by atoms with E-state index < -0.39 is 11.1 Å². The fourth-order valence-corrected chi connectivity index (χ4v) is 2.49. The fourth-order valence-electron chi connectivity index (χ4n) is 2.26. The lowest BCUT2D eigenvalue weighted by Crippen LogP contribution is -2.33. The zero-order chi connectivity index (χ0) is 16.3. The average Bonchev–Trinajstić information content (AvgIpc) is 2.58. The number of para-hydroxylation sites is 1. The third-order valence-electron chi connectivity index (χ3n) is 3.53. The molecule has 0 bridgehead atoms. The van der Waals surface area contributed by atoms with Gasteiger partial charge in [0, 0.05) is 0 Å². The highest BCUT2D eigenvalue weighted by Crippen LogP contribution is 2.36. The Hall–Kier alpha value is -2.43. The molecule has 0 amide bonds. The lowest BCUT2D eigenvalue weighted by atomic mass is 9.95. The van der Waals surface area contributed by atoms with Crippen LogP contribution in [0.1, 0.15) is 5.56 Å². The van der Waals surface area contributed by atoms with Crippen molar-refractivity contribution in [2.75, 3.05) is 0 Å². The number of aliphatic hydroxyl groups excluding tert-OH is 1. The monoisotopic (exact) mass is 326 g/mol. The molecular weight excluding hydrogens is 312 g/mol. The highest BCUT2D eigenvalue weighted by Gasteiger charge is 2.35. The van der Waals surface area contributed by atoms with Crippen LogP contribution in [0.15, 0.2) is 83.1 Å². The van der Waals surface area contributed by atoms with E-state index in [-0.39, 0.29) is 5.75 Å². The predicted octanol–water partition coefficient (Wildman–Crippen LogP) is 4.43. The van der Waals surface area contributed by atoms with Crippen molar-refractivity contribution >= 4 is 22.9 Å². The summed E-state index contributed by atoms with van der Waals surface area (Å²) in [6, 6.07) is 16.2. The standard InChI is InChI=1S/C18H15ClN2O2/c19-18(21-20-15-8-4-5-9-16(15)22)12-14(10-11-17(18)23)13-6-2-1-3-7-13/h1-12,17,22-23H. The highest BCUT2D eigenvalue weighted by atomic mass is 35.5. The minimum atomic E-state index is -1.41. The van der Waals surface area contributed by atoms with Crippen LogP contribution in [0.4, 0.5) is 5.69 Å². The molecule has 2 atom stereocenters. The summed E-state index contributed by atoms with van der Waals surface area (Å²) in [5.41, 5.74) is 2.12. The smallest absolute Gasteiger partial charge is 0.203 e. The van der Waals surface area contributed by atoms with E-state index in [0.717, 1.165) is 11.1 Å². The molecule has 0 fully saturated rings. The van der Waals surface area contributed by atoms with Crippen LogP contribution in [0.25, 0.3) is 5.57 Å². The number of nitrogens with zero attached hydrogens (tertiary/aromatic N) is 2. The molecule has 2 N–H and O–H groups in total. The van der Waals surface area contributed by atoms with Crippen molar-refractivity contribution in [2.24, 2.45) is 10.2 Å². The molecule has 23 heavy (non-hydrogen) atoms. The number of hydrogen-bond donors (Lipinski definition) is 2. The second-order valence-electron chi connectivity index (χ2n) is 5.19. The number of aromatic hydroxyl groups is 1. The number of phenols is 1. The molecule has 2 aromatic rings. The number of rotatable bonds is 3. The zero-order valence-electron chi connectivity index (χ0n) is 12.2. The Kier molecular flexibility index (Phi) is 4.28. The SMILES string of the molecule is Oc1ccccc1N=NC1(Cl)C=C(c2ccccc2)C=CC1O. The van der Waals surface area contributed by atoms with Crippen molar-refractivity contribution in [3.8, 4) is 5.75 Å². The average molecular weight is 327 g/mol. The fraction of sp³-hybridized carbons (Fsp3) is 0.111. The minimum absolute atomic E-state index is 0.00428. The van der Waals surface area contributed by atoms with Gasteiger partial charge in [0.05, 0.1) is 0 Å². The number of allylic oxidation sites excluding steroid dienone is 2. The molecule has 0 radical (unpaired) electrons. The molecule has 1 aliphatic carbocycles. The van der Waals surface area contributed by atoms with Crippen molar-refractivity contribution in [2.45, 2.75) is 11.1 Å². The van der Waals surface area contributed by atoms with Crippen molar-refractivity contribution in [1.29, 1.82) is 0 Å². The van der Waals surface area contributed by atoms with Gasteiger partial charge in [0.15, 0.2) is 0 Å². The predicted molar refractivity (Wildman–Crippen MR) is 90.8 cm³/mol. The van der Waals surface area contributed by atoms with Crippen molar-refractivity contribution < 1.29 is 10.2 Å². The number of phenolic OH excluding ortho intramolecular Hbond substituents is 1. The van der Waals surface area contributed by atoms with Crippen LogP contribution < -0.4 is 0 Å². The maximum absolute atomic E-state index is 10.2. The van der Waals surface area contributed by atoms with Crippen LogP contribution in [0, 0.1) is 0 Å². The Morgan fingerprint density at radius 2 is 1.70 bits per heavy atom. The number of hydrogen-bond acceptors (Lipinski definition) is 4. The van der Waals surface area contributed by atoms with Gasteiger partial charge in [-0.3, -0.25) is 0 Å². The molecule has 0 aromatic heterocycles. The van der Waals surface area contributed by atoms with E-state index in [0.29, 0.717) is 5.69 Å². The van der Waals surface area contributed by atoms with E-state index in [1.807, 2.05) is 30.3 Å². The van der Waals surface area contributed by atoms with Crippen molar-refractivity contribution in [1.82, 2.24) is 0 Å². The molecule has 0 saturated carbocycles. The maximum atomic E-state index is 10.2. The van der Waals surface area contributed by atoms with Gasteiger partial charge < -0.3 is 10.2 Å². The number of azo groups is 1. The maximum Gasteiger partial charge on any atom is 0.203 e. The molecule has 4 nitrogen and oxygen atoms in total. The molecular formula is C18H15ClN2O2. The van der Waals surface area contributed by atoms with Gasteiger partial charge in [0.25, 0.3) is 0 Å². The molecule has 1 aliphatic rings. The van der Waals surface area contributed by atoms with Gasteiger partial charge in [-0.25, -0.2) is 0 Å². The molecule has 2 aromatic carbocycles. The Morgan fingerprint density at radius 3 is 2.43 bits per heavy atom. The first-order chi connectivity index (χ1) is 11.1. The van der Waals surface area contributed by atoms with E-state index in [9.17, 15) is 10.2 Å². The molecule has 0 spiro atoms. The Balaban J connectivity index is 1.94. The summed E-state index contributed by atoms with van der Waals surface area (Å²) in [6.07, 6.45) is 4.04. The summed E-state index contributed by atoms with van der Waals surface area (Å²) in [5.74, 6) is 0.00428. The first kappa shape index (κ1) is 15.5. The quantitative estimate of drug-likeness (QED) is 0.498. The Morgan fingerprint density at radius 1 is 1.00 bits per heavy atom. The summed E-state index contributed by atoms with van der Waals surface area (Å²) in [6.45, 7) is 0. The molecule has 0 saturated heterocycles. The van der Waals surface area contributed by atoms with Gasteiger partial charge in [-0.15, -0.1) is 5.11 Å². The van der Waals surface area contributed by atoms with Crippen molar-refractivity contribution in [3.63, 3.8) is 0 Å². The van der Waals surface area contributed by atoms with Gasteiger partial charge in [-0.1, -0.05) is 66.2 Å². The molecule has 116 valence electrons. The third-order valence-corrected chi connectivity index (χ3v) is 3.94. The second kappa shape index (κ2) is 6.36. The molecule has 5 heteroatoms. The molecule has 3 rings (SSSR count). The van der Waals surface area contributed by atoms with Crippen LogP contribution in [0.2, 0.25) is 0 Å². The first-order valence-electron chi connectivity index (χ1n) is 7.13. The van der Waals surface area contributed by atoms with E-state index in [4.69, 9.17) is 11.6 Å². The number of aliphatic hydroxyl groups is 1. The summed E-state index contributed by atoms with van der Waals surface area (Å²) in [7, 11) is 0. The van der Waals surface area contributed by atoms with E-state index in [1.165, 1.54) is 6.07 Å². The zero-order valence-corrected chi connectivity index (χ0v) is 12.9. The summed E-state index contributed by atoms with van der Waals surface area (Å²) < 4.78 is 0. The second-order valence-corrected chi connectivity index (χ2v) is 5.79. The first-order valence-corrected chi connectivity index (χ1v) is 7.51. The third kappa shape index (κ3) is 3.33. The van der Waals surface area contributed by atoms with Crippen LogP contribution >= 0.6 is 11.6 Å². The topological polar surface area (TPSA) is 65.2 Å². The van der Waals surface area contributed by atoms with Gasteiger partial charge >= 0.3 is 0 Å². The summed E-state index contributed by atoms with van der Waals surface area (Å²) in [5, 5.41) is 27.9. The van der Waals surface area contributed by atoms with Crippen LogP contribution in [-0.2, 0) is 0 Å². The lowest BCUT2D eigenvalue weighted by Gasteiger charge is -2.26. The Labute approximate surface area is 139 Å². The largest absolute Gasteiger partial charge is 0.506 e. The molecule has 2 unspecified atom stereocenters. The normalized spacial score (nSPS) is 23.9. The minimum Gasteiger partial charge on any atom is -0.506 e. The van der Waals surface area contributed by atoms with Gasteiger partial charge in [-0.05, 0) is 29.3 Å². The van der Waals surface area contributed by atoms with E-state index >= 15 is 0 Å². The van der Waals surface area contributed by atoms with Gasteiger partial charge in [0.1, 0.15) is 17.5 Å². The van der Waals surface area contributed by atoms with Gasteiger partial charge in [0.2, 0.25) is 5.00 Å². The van der Waals surface area contributed by atoms with Crippen LogP contribution in [0.5, 0.6) is 5.75 Å². The van der Waals surface area contributed by atoms with Crippen molar-refractivity contribution in [3.05, 3.63) is 78.4 Å². The van der Waals surface area contributed by atoms with Crippen LogP contribution in [-0.4, -0.2) is 21.3 Å². The number of halogens is 1. The highest BCUT2D eigenvalue weighted by molar-refractivity contribution is 6.26.